The maximum absolute atomic E-state index is 5.84. The summed E-state index contributed by atoms with van der Waals surface area (Å²) < 4.78 is 0. The number of fused-ring (bicyclic) bond motifs is 1. The summed E-state index contributed by atoms with van der Waals surface area (Å²) in [5.74, 6) is 1.82. The Bertz CT molecular complexity index is 504. The summed E-state index contributed by atoms with van der Waals surface area (Å²) in [5.41, 5.74) is 9.49. The number of hydrogen-bond acceptors (Lipinski definition) is 3. The number of anilines is 1. The molecule has 2 aromatic rings. The first-order valence-electron chi connectivity index (χ1n) is 4.90. The summed E-state index contributed by atoms with van der Waals surface area (Å²) in [5, 5.41) is 6.74. The van der Waals surface area contributed by atoms with Crippen LogP contribution in [0, 0.1) is 0 Å². The van der Waals surface area contributed by atoms with Gasteiger partial charge in [0.25, 0.3) is 0 Å². The SMILES string of the molecule is Nc1[nH]ncc1-c1cccc2c1SCC2. The zero-order chi connectivity index (χ0) is 10.3. The Hall–Kier alpha value is -1.42. The van der Waals surface area contributed by atoms with Crippen LogP contribution in [0.15, 0.2) is 29.3 Å². The number of H-pyrrole nitrogens is 1. The summed E-state index contributed by atoms with van der Waals surface area (Å²) in [7, 11) is 0. The maximum atomic E-state index is 5.84. The van der Waals surface area contributed by atoms with Crippen molar-refractivity contribution < 1.29 is 0 Å². The molecule has 15 heavy (non-hydrogen) atoms. The van der Waals surface area contributed by atoms with Crippen molar-refractivity contribution in [3.63, 3.8) is 0 Å². The average Bonchev–Trinajstić information content (AvgIpc) is 2.85. The molecule has 76 valence electrons. The fourth-order valence-electron chi connectivity index (χ4n) is 1.94. The molecule has 0 spiro atoms. The van der Waals surface area contributed by atoms with E-state index >= 15 is 0 Å². The number of hydrogen-bond donors (Lipinski definition) is 2. The van der Waals surface area contributed by atoms with Crippen molar-refractivity contribution in [2.45, 2.75) is 11.3 Å². The molecule has 2 heterocycles. The number of aryl methyl sites for hydroxylation is 1. The quantitative estimate of drug-likeness (QED) is 0.770. The molecular formula is C11H11N3S. The molecule has 3 nitrogen and oxygen atoms in total. The lowest BCUT2D eigenvalue weighted by molar-refractivity contribution is 1.10. The van der Waals surface area contributed by atoms with E-state index < -0.39 is 0 Å². The van der Waals surface area contributed by atoms with Crippen LogP contribution in [-0.2, 0) is 6.42 Å². The number of benzene rings is 1. The molecular weight excluding hydrogens is 206 g/mol. The molecule has 1 aliphatic rings. The second kappa shape index (κ2) is 3.31. The van der Waals surface area contributed by atoms with Crippen LogP contribution in [0.25, 0.3) is 11.1 Å². The number of thioether (sulfide) groups is 1. The first-order chi connectivity index (χ1) is 7.36. The molecule has 1 aromatic carbocycles. The third-order valence-corrected chi connectivity index (χ3v) is 3.85. The topological polar surface area (TPSA) is 54.7 Å². The summed E-state index contributed by atoms with van der Waals surface area (Å²) in [6.45, 7) is 0. The van der Waals surface area contributed by atoms with Crippen molar-refractivity contribution >= 4 is 17.6 Å². The highest BCUT2D eigenvalue weighted by molar-refractivity contribution is 7.99. The molecule has 0 amide bonds. The zero-order valence-corrected chi connectivity index (χ0v) is 8.97. The average molecular weight is 217 g/mol. The summed E-state index contributed by atoms with van der Waals surface area (Å²) in [6, 6.07) is 6.39. The Balaban J connectivity index is 2.21. The molecule has 0 saturated carbocycles. The van der Waals surface area contributed by atoms with E-state index in [0.717, 1.165) is 12.0 Å². The minimum absolute atomic E-state index is 0.649. The molecule has 0 radical (unpaired) electrons. The first-order valence-corrected chi connectivity index (χ1v) is 5.89. The zero-order valence-electron chi connectivity index (χ0n) is 8.16. The van der Waals surface area contributed by atoms with E-state index in [-0.39, 0.29) is 0 Å². The largest absolute Gasteiger partial charge is 0.384 e. The van der Waals surface area contributed by atoms with Crippen LogP contribution in [-0.4, -0.2) is 16.0 Å². The Morgan fingerprint density at radius 2 is 2.27 bits per heavy atom. The molecule has 0 atom stereocenters. The van der Waals surface area contributed by atoms with Crippen LogP contribution in [0.5, 0.6) is 0 Å². The molecule has 1 aromatic heterocycles. The van der Waals surface area contributed by atoms with Gasteiger partial charge < -0.3 is 5.73 Å². The van der Waals surface area contributed by atoms with E-state index in [1.165, 1.54) is 21.8 Å². The van der Waals surface area contributed by atoms with E-state index in [9.17, 15) is 0 Å². The summed E-state index contributed by atoms with van der Waals surface area (Å²) >= 11 is 1.90. The van der Waals surface area contributed by atoms with Gasteiger partial charge in [0.1, 0.15) is 5.82 Å². The molecule has 3 rings (SSSR count). The van der Waals surface area contributed by atoms with Gasteiger partial charge in [-0.3, -0.25) is 5.10 Å². The van der Waals surface area contributed by atoms with E-state index in [1.807, 2.05) is 11.8 Å². The molecule has 4 heteroatoms. The number of nitrogens with two attached hydrogens (primary N) is 1. The molecule has 0 saturated heterocycles. The van der Waals surface area contributed by atoms with Gasteiger partial charge in [-0.15, -0.1) is 11.8 Å². The van der Waals surface area contributed by atoms with Crippen molar-refractivity contribution in [1.82, 2.24) is 10.2 Å². The predicted octanol–water partition coefficient (Wildman–Crippen LogP) is 2.31. The van der Waals surface area contributed by atoms with Crippen molar-refractivity contribution in [2.24, 2.45) is 0 Å². The van der Waals surface area contributed by atoms with Gasteiger partial charge >= 0.3 is 0 Å². The van der Waals surface area contributed by atoms with Crippen LogP contribution < -0.4 is 5.73 Å². The monoisotopic (exact) mass is 217 g/mol. The highest BCUT2D eigenvalue weighted by atomic mass is 32.2. The molecule has 0 bridgehead atoms. The van der Waals surface area contributed by atoms with Crippen LogP contribution >= 0.6 is 11.8 Å². The minimum Gasteiger partial charge on any atom is -0.384 e. The molecule has 0 unspecified atom stereocenters. The predicted molar refractivity (Wildman–Crippen MR) is 62.9 cm³/mol. The third-order valence-electron chi connectivity index (χ3n) is 2.67. The lowest BCUT2D eigenvalue weighted by Crippen LogP contribution is -1.89. The number of aromatic nitrogens is 2. The smallest absolute Gasteiger partial charge is 0.126 e. The Morgan fingerprint density at radius 1 is 1.33 bits per heavy atom. The van der Waals surface area contributed by atoms with E-state index in [2.05, 4.69) is 28.4 Å². The number of rotatable bonds is 1. The van der Waals surface area contributed by atoms with Crippen molar-refractivity contribution in [3.8, 4) is 11.1 Å². The van der Waals surface area contributed by atoms with Crippen molar-refractivity contribution in [2.75, 3.05) is 11.5 Å². The van der Waals surface area contributed by atoms with Crippen LogP contribution in [0.3, 0.4) is 0 Å². The Morgan fingerprint density at radius 3 is 3.07 bits per heavy atom. The van der Waals surface area contributed by atoms with Gasteiger partial charge in [0.05, 0.1) is 6.20 Å². The number of aromatic amines is 1. The molecule has 0 fully saturated rings. The van der Waals surface area contributed by atoms with E-state index in [1.54, 1.807) is 6.20 Å². The number of nitrogens with one attached hydrogen (secondary N) is 1. The number of nitrogen functional groups attached to an aromatic ring is 1. The highest BCUT2D eigenvalue weighted by Crippen LogP contribution is 2.40. The summed E-state index contributed by atoms with van der Waals surface area (Å²) in [6.07, 6.45) is 2.95. The normalized spacial score (nSPS) is 14.1. The van der Waals surface area contributed by atoms with Gasteiger partial charge in [-0.05, 0) is 12.0 Å². The molecule has 3 N–H and O–H groups in total. The van der Waals surface area contributed by atoms with Gasteiger partial charge in [-0.2, -0.15) is 5.10 Å². The summed E-state index contributed by atoms with van der Waals surface area (Å²) in [4.78, 5) is 1.37. The van der Waals surface area contributed by atoms with Gasteiger partial charge in [-0.1, -0.05) is 18.2 Å². The highest BCUT2D eigenvalue weighted by Gasteiger charge is 2.17. The van der Waals surface area contributed by atoms with Crippen LogP contribution in [0.1, 0.15) is 5.56 Å². The van der Waals surface area contributed by atoms with Gasteiger partial charge in [-0.25, -0.2) is 0 Å². The van der Waals surface area contributed by atoms with E-state index in [4.69, 9.17) is 5.73 Å². The van der Waals surface area contributed by atoms with Crippen LogP contribution in [0.2, 0.25) is 0 Å². The van der Waals surface area contributed by atoms with Gasteiger partial charge in [0, 0.05) is 21.8 Å². The molecule has 1 aliphatic heterocycles. The third kappa shape index (κ3) is 1.33. The number of nitrogens with zero attached hydrogens (tertiary/aromatic N) is 1. The second-order valence-corrected chi connectivity index (χ2v) is 4.69. The van der Waals surface area contributed by atoms with Gasteiger partial charge in [0.2, 0.25) is 0 Å². The van der Waals surface area contributed by atoms with Crippen LogP contribution in [0.4, 0.5) is 5.82 Å². The Labute approximate surface area is 92.1 Å². The van der Waals surface area contributed by atoms with Crippen molar-refractivity contribution in [1.29, 1.82) is 0 Å². The minimum atomic E-state index is 0.649. The van der Waals surface area contributed by atoms with Crippen molar-refractivity contribution in [3.05, 3.63) is 30.0 Å². The van der Waals surface area contributed by atoms with E-state index in [0.29, 0.717) is 5.82 Å². The maximum Gasteiger partial charge on any atom is 0.126 e. The first kappa shape index (κ1) is 8.85. The lowest BCUT2D eigenvalue weighted by atomic mass is 10.0. The lowest BCUT2D eigenvalue weighted by Gasteiger charge is -2.05. The fourth-order valence-corrected chi connectivity index (χ4v) is 3.15. The second-order valence-electron chi connectivity index (χ2n) is 3.59. The molecule has 0 aliphatic carbocycles. The standard InChI is InChI=1S/C11H11N3S/c12-11-9(6-13-14-11)8-3-1-2-7-4-5-15-10(7)8/h1-3,6H,4-5H2,(H3,12,13,14). The van der Waals surface area contributed by atoms with Gasteiger partial charge in [0.15, 0.2) is 0 Å². The fraction of sp³-hybridized carbons (Fsp3) is 0.182. The Kier molecular flexibility index (Phi) is 1.95.